The number of hydrogen-bond acceptors (Lipinski definition) is 5. The van der Waals surface area contributed by atoms with E-state index in [1.807, 2.05) is 19.1 Å². The number of rotatable bonds is 5. The van der Waals surface area contributed by atoms with Crippen LogP contribution in [-0.4, -0.2) is 59.2 Å². The highest BCUT2D eigenvalue weighted by Gasteiger charge is 2.38. The average Bonchev–Trinajstić information content (AvgIpc) is 3.64. The first kappa shape index (κ1) is 24.5. The van der Waals surface area contributed by atoms with Gasteiger partial charge in [0.15, 0.2) is 0 Å². The van der Waals surface area contributed by atoms with Crippen LogP contribution in [0.5, 0.6) is 0 Å². The number of hydrogen-bond donors (Lipinski definition) is 1. The van der Waals surface area contributed by atoms with Crippen LogP contribution in [0.1, 0.15) is 49.0 Å². The first-order valence-corrected chi connectivity index (χ1v) is 12.9. The minimum Gasteiger partial charge on any atom is -0.449 e. The molecule has 1 aliphatic carbocycles. The van der Waals surface area contributed by atoms with Crippen molar-refractivity contribution in [2.24, 2.45) is 5.73 Å². The SMILES string of the molecule is CCCOC(=O)N1CCN(C(=O)c2ccc3c(Cl)cc(-c4ccc(C5(C)CC5)cc4)nc3c2)C[C@H]1N. The highest BCUT2D eigenvalue weighted by molar-refractivity contribution is 6.35. The number of nitrogens with two attached hydrogens (primary N) is 1. The van der Waals surface area contributed by atoms with E-state index in [-0.39, 0.29) is 12.5 Å². The second-order valence-corrected chi connectivity index (χ2v) is 10.4. The number of carbonyl (C=O) groups is 2. The Balaban J connectivity index is 1.35. The van der Waals surface area contributed by atoms with E-state index in [0.29, 0.717) is 41.2 Å². The fourth-order valence-electron chi connectivity index (χ4n) is 4.66. The Morgan fingerprint density at radius 1 is 1.14 bits per heavy atom. The van der Waals surface area contributed by atoms with Gasteiger partial charge in [-0.05, 0) is 48.4 Å². The normalized spacial score (nSPS) is 18.8. The maximum Gasteiger partial charge on any atom is 0.411 e. The molecule has 0 radical (unpaired) electrons. The van der Waals surface area contributed by atoms with Crippen molar-refractivity contribution in [2.75, 3.05) is 26.2 Å². The van der Waals surface area contributed by atoms with E-state index >= 15 is 0 Å². The van der Waals surface area contributed by atoms with Crippen molar-refractivity contribution in [3.05, 3.63) is 64.7 Å². The molecule has 2 heterocycles. The highest BCUT2D eigenvalue weighted by Crippen LogP contribution is 2.47. The van der Waals surface area contributed by atoms with E-state index in [4.69, 9.17) is 27.1 Å². The molecule has 1 aliphatic heterocycles. The predicted octanol–water partition coefficient (Wildman–Crippen LogP) is 5.20. The lowest BCUT2D eigenvalue weighted by Gasteiger charge is -2.38. The molecule has 2 amide bonds. The molecular weight excluding hydrogens is 476 g/mol. The molecule has 2 aliphatic rings. The minimum atomic E-state index is -0.618. The van der Waals surface area contributed by atoms with Gasteiger partial charge in [-0.3, -0.25) is 9.69 Å². The number of aromatic nitrogens is 1. The minimum absolute atomic E-state index is 0.153. The van der Waals surface area contributed by atoms with Gasteiger partial charge in [-0.15, -0.1) is 0 Å². The van der Waals surface area contributed by atoms with Gasteiger partial charge in [0.2, 0.25) is 0 Å². The molecule has 1 atom stereocenters. The summed E-state index contributed by atoms with van der Waals surface area (Å²) in [6.45, 7) is 5.51. The van der Waals surface area contributed by atoms with Gasteiger partial charge in [0, 0.05) is 29.6 Å². The summed E-state index contributed by atoms with van der Waals surface area (Å²) in [6, 6.07) is 15.8. The molecule has 2 aromatic carbocycles. The number of piperazine rings is 1. The Kier molecular flexibility index (Phi) is 6.62. The molecule has 1 aromatic heterocycles. The third-order valence-corrected chi connectivity index (χ3v) is 7.57. The van der Waals surface area contributed by atoms with E-state index in [9.17, 15) is 9.59 Å². The van der Waals surface area contributed by atoms with Gasteiger partial charge in [-0.25, -0.2) is 9.78 Å². The van der Waals surface area contributed by atoms with Crippen LogP contribution in [0.15, 0.2) is 48.5 Å². The largest absolute Gasteiger partial charge is 0.449 e. The van der Waals surface area contributed by atoms with Gasteiger partial charge in [0.25, 0.3) is 5.91 Å². The molecule has 3 aromatic rings. The maximum atomic E-state index is 13.3. The van der Waals surface area contributed by atoms with E-state index < -0.39 is 12.3 Å². The zero-order chi connectivity index (χ0) is 25.4. The fourth-order valence-corrected chi connectivity index (χ4v) is 4.93. The predicted molar refractivity (Wildman–Crippen MR) is 141 cm³/mol. The van der Waals surface area contributed by atoms with Crippen LogP contribution in [0.3, 0.4) is 0 Å². The van der Waals surface area contributed by atoms with Crippen LogP contribution >= 0.6 is 11.6 Å². The molecule has 5 rings (SSSR count). The summed E-state index contributed by atoms with van der Waals surface area (Å²) in [7, 11) is 0. The van der Waals surface area contributed by atoms with Gasteiger partial charge in [0.1, 0.15) is 6.17 Å². The Labute approximate surface area is 216 Å². The van der Waals surface area contributed by atoms with Crippen LogP contribution in [0.2, 0.25) is 5.02 Å². The summed E-state index contributed by atoms with van der Waals surface area (Å²) in [4.78, 5) is 33.5. The lowest BCUT2D eigenvalue weighted by molar-refractivity contribution is 0.0390. The zero-order valence-electron chi connectivity index (χ0n) is 20.7. The van der Waals surface area contributed by atoms with Crippen molar-refractivity contribution < 1.29 is 14.3 Å². The lowest BCUT2D eigenvalue weighted by Crippen LogP contribution is -2.60. The van der Waals surface area contributed by atoms with Crippen molar-refractivity contribution in [3.8, 4) is 11.3 Å². The van der Waals surface area contributed by atoms with Crippen molar-refractivity contribution in [1.29, 1.82) is 0 Å². The number of ether oxygens (including phenoxy) is 1. The summed E-state index contributed by atoms with van der Waals surface area (Å²) >= 11 is 6.61. The Morgan fingerprint density at radius 3 is 2.56 bits per heavy atom. The Morgan fingerprint density at radius 2 is 1.89 bits per heavy atom. The van der Waals surface area contributed by atoms with Crippen LogP contribution in [-0.2, 0) is 10.2 Å². The molecule has 0 spiro atoms. The van der Waals surface area contributed by atoms with E-state index in [1.54, 1.807) is 17.0 Å². The van der Waals surface area contributed by atoms with Gasteiger partial charge >= 0.3 is 6.09 Å². The number of benzene rings is 2. The smallest absolute Gasteiger partial charge is 0.411 e. The molecule has 2 N–H and O–H groups in total. The van der Waals surface area contributed by atoms with E-state index in [1.165, 1.54) is 23.3 Å². The summed E-state index contributed by atoms with van der Waals surface area (Å²) < 4.78 is 5.20. The quantitative estimate of drug-likeness (QED) is 0.514. The van der Waals surface area contributed by atoms with Gasteiger partial charge < -0.3 is 15.4 Å². The van der Waals surface area contributed by atoms with Crippen molar-refractivity contribution in [2.45, 2.75) is 44.7 Å². The third kappa shape index (κ3) is 4.77. The maximum absolute atomic E-state index is 13.3. The molecule has 0 unspecified atom stereocenters. The lowest BCUT2D eigenvalue weighted by atomic mass is 9.96. The monoisotopic (exact) mass is 506 g/mol. The number of fused-ring (bicyclic) bond motifs is 1. The molecule has 188 valence electrons. The van der Waals surface area contributed by atoms with Crippen LogP contribution in [0.4, 0.5) is 4.79 Å². The topological polar surface area (TPSA) is 88.8 Å². The summed E-state index contributed by atoms with van der Waals surface area (Å²) in [5, 5.41) is 1.38. The summed E-state index contributed by atoms with van der Waals surface area (Å²) in [5.74, 6) is -0.153. The molecule has 7 nitrogen and oxygen atoms in total. The van der Waals surface area contributed by atoms with Crippen molar-refractivity contribution >= 4 is 34.5 Å². The fraction of sp³-hybridized carbons (Fsp3) is 0.393. The number of halogens is 1. The third-order valence-electron chi connectivity index (χ3n) is 7.25. The first-order chi connectivity index (χ1) is 17.3. The average molecular weight is 507 g/mol. The van der Waals surface area contributed by atoms with E-state index in [2.05, 4.69) is 31.2 Å². The van der Waals surface area contributed by atoms with Crippen molar-refractivity contribution in [3.63, 3.8) is 0 Å². The molecule has 0 bridgehead atoms. The molecular formula is C28H31ClN4O3. The number of nitrogens with zero attached hydrogens (tertiary/aromatic N) is 3. The molecule has 36 heavy (non-hydrogen) atoms. The number of carbonyl (C=O) groups excluding carboxylic acids is 2. The molecule has 1 saturated heterocycles. The standard InChI is InChI=1S/C28H31ClN4O3/c1-3-14-36-27(35)33-13-12-32(17-25(33)30)26(34)19-6-9-21-22(29)16-23(31-24(21)15-19)18-4-7-20(8-5-18)28(2)10-11-28/h4-9,15-16,25H,3,10-14,17,30H2,1-2H3/t25-/m0/s1. The van der Waals surface area contributed by atoms with Crippen molar-refractivity contribution in [1.82, 2.24) is 14.8 Å². The van der Waals surface area contributed by atoms with Gasteiger partial charge in [0.05, 0.1) is 29.4 Å². The Hall–Kier alpha value is -3.16. The molecule has 1 saturated carbocycles. The second-order valence-electron chi connectivity index (χ2n) is 9.99. The first-order valence-electron chi connectivity index (χ1n) is 12.5. The van der Waals surface area contributed by atoms with Crippen LogP contribution < -0.4 is 5.73 Å². The zero-order valence-corrected chi connectivity index (χ0v) is 21.4. The summed E-state index contributed by atoms with van der Waals surface area (Å²) in [6.07, 6.45) is 2.14. The number of pyridine rings is 1. The van der Waals surface area contributed by atoms with E-state index in [0.717, 1.165) is 23.1 Å². The number of amides is 2. The molecule has 8 heteroatoms. The highest BCUT2D eigenvalue weighted by atomic mass is 35.5. The van der Waals surface area contributed by atoms with Gasteiger partial charge in [-0.1, -0.05) is 55.8 Å². The van der Waals surface area contributed by atoms with Gasteiger partial charge in [-0.2, -0.15) is 0 Å². The van der Waals surface area contributed by atoms with Crippen LogP contribution in [0, 0.1) is 0 Å². The summed E-state index contributed by atoms with van der Waals surface area (Å²) in [5.41, 5.74) is 10.8. The molecule has 2 fully saturated rings. The second kappa shape index (κ2) is 9.71. The van der Waals surface area contributed by atoms with Crippen LogP contribution in [0.25, 0.3) is 22.2 Å². The Bertz CT molecular complexity index is 1310.